The Morgan fingerprint density at radius 3 is 2.30 bits per heavy atom. The van der Waals surface area contributed by atoms with Crippen LogP contribution in [0.3, 0.4) is 0 Å². The van der Waals surface area contributed by atoms with E-state index < -0.39 is 0 Å². The maximum absolute atomic E-state index is 11.0. The van der Waals surface area contributed by atoms with Crippen LogP contribution in [-0.4, -0.2) is 12.0 Å². The van der Waals surface area contributed by atoms with E-state index in [1.165, 1.54) is 11.1 Å². The topological polar surface area (TPSA) is 46.4 Å². The maximum Gasteiger partial charge on any atom is 0.274 e. The van der Waals surface area contributed by atoms with Crippen LogP contribution >= 0.6 is 0 Å². The zero-order valence-electron chi connectivity index (χ0n) is 12.0. The van der Waals surface area contributed by atoms with Crippen molar-refractivity contribution < 1.29 is 4.92 Å². The van der Waals surface area contributed by atoms with Gasteiger partial charge in [-0.25, -0.2) is 0 Å². The van der Waals surface area contributed by atoms with Gasteiger partial charge in [0.2, 0.25) is 0 Å². The fraction of sp³-hybridized carbons (Fsp3) is 0.250. The highest BCUT2D eigenvalue weighted by Crippen LogP contribution is 2.23. The van der Waals surface area contributed by atoms with Gasteiger partial charge in [0.05, 0.1) is 4.92 Å². The Morgan fingerprint density at radius 2 is 1.70 bits per heavy atom. The molecule has 0 atom stereocenters. The van der Waals surface area contributed by atoms with Crippen LogP contribution in [-0.2, 0) is 6.54 Å². The van der Waals surface area contributed by atoms with E-state index in [9.17, 15) is 10.1 Å². The van der Waals surface area contributed by atoms with E-state index in [1.54, 1.807) is 18.2 Å². The molecule has 0 aliphatic rings. The number of benzene rings is 2. The van der Waals surface area contributed by atoms with Crippen molar-refractivity contribution in [1.29, 1.82) is 0 Å². The second kappa shape index (κ2) is 5.74. The van der Waals surface area contributed by atoms with E-state index in [-0.39, 0.29) is 10.6 Å². The average molecular weight is 270 g/mol. The fourth-order valence-electron chi connectivity index (χ4n) is 2.34. The number of nitro groups is 1. The second-order valence-electron chi connectivity index (χ2n) is 5.09. The molecule has 0 spiro atoms. The Morgan fingerprint density at radius 1 is 1.10 bits per heavy atom. The predicted octanol–water partition coefficient (Wildman–Crippen LogP) is 3.85. The van der Waals surface area contributed by atoms with E-state index in [0.717, 1.165) is 11.3 Å². The molecular weight excluding hydrogens is 252 g/mol. The van der Waals surface area contributed by atoms with Crippen molar-refractivity contribution in [2.45, 2.75) is 20.4 Å². The summed E-state index contributed by atoms with van der Waals surface area (Å²) >= 11 is 0. The van der Waals surface area contributed by atoms with Crippen molar-refractivity contribution in [3.8, 4) is 0 Å². The van der Waals surface area contributed by atoms with Crippen LogP contribution in [0.15, 0.2) is 42.5 Å². The molecule has 2 rings (SSSR count). The Kier molecular flexibility index (Phi) is 4.03. The molecule has 104 valence electrons. The number of hydrogen-bond donors (Lipinski definition) is 0. The lowest BCUT2D eigenvalue weighted by Crippen LogP contribution is -2.17. The van der Waals surface area contributed by atoms with Crippen molar-refractivity contribution in [2.24, 2.45) is 0 Å². The van der Waals surface area contributed by atoms with Crippen LogP contribution < -0.4 is 4.90 Å². The molecule has 0 radical (unpaired) electrons. The Labute approximate surface area is 118 Å². The second-order valence-corrected chi connectivity index (χ2v) is 5.09. The number of anilines is 1. The molecule has 0 aliphatic heterocycles. The molecule has 2 aromatic carbocycles. The molecular formula is C16H18N2O2. The van der Waals surface area contributed by atoms with Gasteiger partial charge in [0, 0.05) is 30.9 Å². The zero-order valence-corrected chi connectivity index (χ0v) is 12.0. The molecule has 20 heavy (non-hydrogen) atoms. The minimum atomic E-state index is -0.329. The van der Waals surface area contributed by atoms with Crippen molar-refractivity contribution in [3.05, 3.63) is 69.3 Å². The zero-order chi connectivity index (χ0) is 14.7. The maximum atomic E-state index is 11.0. The third-order valence-electron chi connectivity index (χ3n) is 3.24. The molecule has 4 nitrogen and oxygen atoms in total. The first-order valence-electron chi connectivity index (χ1n) is 6.49. The van der Waals surface area contributed by atoms with Gasteiger partial charge >= 0.3 is 0 Å². The summed E-state index contributed by atoms with van der Waals surface area (Å²) in [6, 6.07) is 13.2. The lowest BCUT2D eigenvalue weighted by molar-refractivity contribution is -0.385. The average Bonchev–Trinajstić information content (AvgIpc) is 2.37. The highest BCUT2D eigenvalue weighted by Gasteiger charge is 2.14. The minimum absolute atomic E-state index is 0.170. The number of nitrogens with zero attached hydrogens (tertiary/aromatic N) is 2. The summed E-state index contributed by atoms with van der Waals surface area (Å²) in [6.45, 7) is 4.62. The largest absolute Gasteiger partial charge is 0.370 e. The number of rotatable bonds is 4. The first-order chi connectivity index (χ1) is 9.47. The summed E-state index contributed by atoms with van der Waals surface area (Å²) in [7, 11) is 1.95. The first-order valence-corrected chi connectivity index (χ1v) is 6.49. The summed E-state index contributed by atoms with van der Waals surface area (Å²) in [6.07, 6.45) is 0. The van der Waals surface area contributed by atoms with Crippen molar-refractivity contribution in [3.63, 3.8) is 0 Å². The van der Waals surface area contributed by atoms with Crippen LogP contribution in [0.4, 0.5) is 11.4 Å². The minimum Gasteiger partial charge on any atom is -0.370 e. The first kappa shape index (κ1) is 14.1. The van der Waals surface area contributed by atoms with Crippen molar-refractivity contribution >= 4 is 11.4 Å². The highest BCUT2D eigenvalue weighted by atomic mass is 16.6. The SMILES string of the molecule is Cc1cc(C)cc(N(C)Cc2ccccc2[N+](=O)[O-])c1. The van der Waals surface area contributed by atoms with Gasteiger partial charge in [-0.15, -0.1) is 0 Å². The van der Waals surface area contributed by atoms with E-state index in [4.69, 9.17) is 0 Å². The number of aryl methyl sites for hydroxylation is 2. The van der Waals surface area contributed by atoms with Crippen LogP contribution in [0, 0.1) is 24.0 Å². The van der Waals surface area contributed by atoms with Gasteiger partial charge in [0.1, 0.15) is 0 Å². The third-order valence-corrected chi connectivity index (χ3v) is 3.24. The van der Waals surface area contributed by atoms with Crippen molar-refractivity contribution in [1.82, 2.24) is 0 Å². The monoisotopic (exact) mass is 270 g/mol. The molecule has 0 saturated carbocycles. The van der Waals surface area contributed by atoms with Gasteiger partial charge in [-0.1, -0.05) is 24.3 Å². The molecule has 0 saturated heterocycles. The molecule has 0 amide bonds. The van der Waals surface area contributed by atoms with E-state index in [2.05, 4.69) is 32.0 Å². The fourth-order valence-corrected chi connectivity index (χ4v) is 2.34. The summed E-state index contributed by atoms with van der Waals surface area (Å²) in [5, 5.41) is 11.0. The van der Waals surface area contributed by atoms with Gasteiger partial charge in [0.15, 0.2) is 0 Å². The van der Waals surface area contributed by atoms with E-state index >= 15 is 0 Å². The van der Waals surface area contributed by atoms with Gasteiger partial charge in [-0.3, -0.25) is 10.1 Å². The van der Waals surface area contributed by atoms with Crippen LogP contribution in [0.2, 0.25) is 0 Å². The van der Waals surface area contributed by atoms with Crippen molar-refractivity contribution in [2.75, 3.05) is 11.9 Å². The van der Waals surface area contributed by atoms with Gasteiger partial charge in [-0.2, -0.15) is 0 Å². The molecule has 4 heteroatoms. The standard InChI is InChI=1S/C16H18N2O2/c1-12-8-13(2)10-15(9-12)17(3)11-14-6-4-5-7-16(14)18(19)20/h4-10H,11H2,1-3H3. The number of hydrogen-bond acceptors (Lipinski definition) is 3. The highest BCUT2D eigenvalue weighted by molar-refractivity contribution is 5.52. The Hall–Kier alpha value is -2.36. The number of nitro benzene ring substituents is 1. The Balaban J connectivity index is 2.28. The molecule has 0 aromatic heterocycles. The lowest BCUT2D eigenvalue weighted by atomic mass is 10.1. The predicted molar refractivity (Wildman–Crippen MR) is 81.1 cm³/mol. The molecule has 0 heterocycles. The summed E-state index contributed by atoms with van der Waals surface area (Å²) in [5.41, 5.74) is 4.34. The smallest absolute Gasteiger partial charge is 0.274 e. The molecule has 0 N–H and O–H groups in total. The van der Waals surface area contributed by atoms with Crippen LogP contribution in [0.1, 0.15) is 16.7 Å². The molecule has 0 aliphatic carbocycles. The summed E-state index contributed by atoms with van der Waals surface area (Å²) in [4.78, 5) is 12.7. The van der Waals surface area contributed by atoms with E-state index in [0.29, 0.717) is 6.54 Å². The Bertz CT molecular complexity index is 618. The molecule has 0 bridgehead atoms. The van der Waals surface area contributed by atoms with Gasteiger partial charge in [0.25, 0.3) is 5.69 Å². The van der Waals surface area contributed by atoms with Gasteiger partial charge in [-0.05, 0) is 37.1 Å². The lowest BCUT2D eigenvalue weighted by Gasteiger charge is -2.20. The number of para-hydroxylation sites is 1. The normalized spacial score (nSPS) is 10.3. The molecule has 2 aromatic rings. The van der Waals surface area contributed by atoms with Gasteiger partial charge < -0.3 is 4.90 Å². The third kappa shape index (κ3) is 3.15. The van der Waals surface area contributed by atoms with Crippen LogP contribution in [0.5, 0.6) is 0 Å². The molecule has 0 unspecified atom stereocenters. The van der Waals surface area contributed by atoms with E-state index in [1.807, 2.05) is 18.0 Å². The molecule has 0 fully saturated rings. The summed E-state index contributed by atoms with van der Waals surface area (Å²) in [5.74, 6) is 0. The van der Waals surface area contributed by atoms with Crippen LogP contribution in [0.25, 0.3) is 0 Å². The quantitative estimate of drug-likeness (QED) is 0.626. The summed E-state index contributed by atoms with van der Waals surface area (Å²) < 4.78 is 0.